The number of carbonyl (C=O) groups is 1. The molecule has 3 aliphatic heterocycles. The first kappa shape index (κ1) is 30.0. The molecule has 0 N–H and O–H groups in total. The molecule has 3 aliphatic rings. The van der Waals surface area contributed by atoms with Gasteiger partial charge in [-0.25, -0.2) is 4.79 Å². The van der Waals surface area contributed by atoms with Crippen molar-refractivity contribution >= 4 is 6.03 Å². The maximum absolute atomic E-state index is 14.2. The van der Waals surface area contributed by atoms with Crippen LogP contribution in [0.2, 0.25) is 0 Å². The number of ether oxygens (including phenoxy) is 5. The van der Waals surface area contributed by atoms with E-state index < -0.39 is 5.54 Å². The minimum atomic E-state index is -0.413. The fourth-order valence-electron chi connectivity index (χ4n) is 7.10. The van der Waals surface area contributed by atoms with Gasteiger partial charge in [-0.1, -0.05) is 19.9 Å². The Hall–Kier alpha value is -3.43. The van der Waals surface area contributed by atoms with E-state index in [0.29, 0.717) is 19.7 Å². The van der Waals surface area contributed by atoms with Crippen molar-refractivity contribution < 1.29 is 28.5 Å². The minimum absolute atomic E-state index is 0.0329. The first-order chi connectivity index (χ1) is 20.1. The van der Waals surface area contributed by atoms with Crippen molar-refractivity contribution in [1.29, 1.82) is 0 Å². The molecule has 0 radical (unpaired) electrons. The minimum Gasteiger partial charge on any atom is -0.497 e. The number of amides is 2. The topological polar surface area (TPSA) is 72.9 Å². The predicted molar refractivity (Wildman–Crippen MR) is 162 cm³/mol. The van der Waals surface area contributed by atoms with Gasteiger partial charge < -0.3 is 28.6 Å². The molecular formula is C33H45N3O6. The molecule has 228 valence electrons. The maximum atomic E-state index is 14.2. The van der Waals surface area contributed by atoms with E-state index in [1.54, 1.807) is 35.5 Å². The van der Waals surface area contributed by atoms with Gasteiger partial charge in [-0.05, 0) is 48.6 Å². The van der Waals surface area contributed by atoms with Crippen LogP contribution in [-0.4, -0.2) is 88.1 Å². The summed E-state index contributed by atoms with van der Waals surface area (Å²) in [6, 6.07) is 8.04. The van der Waals surface area contributed by atoms with E-state index in [1.165, 1.54) is 5.56 Å². The van der Waals surface area contributed by atoms with E-state index in [-0.39, 0.29) is 11.4 Å². The van der Waals surface area contributed by atoms with Gasteiger partial charge in [0.1, 0.15) is 23.0 Å². The highest BCUT2D eigenvalue weighted by atomic mass is 16.5. The zero-order valence-corrected chi connectivity index (χ0v) is 26.3. The van der Waals surface area contributed by atoms with Gasteiger partial charge in [0.15, 0.2) is 0 Å². The first-order valence-electron chi connectivity index (χ1n) is 14.6. The van der Waals surface area contributed by atoms with Crippen LogP contribution in [0, 0.1) is 6.92 Å². The summed E-state index contributed by atoms with van der Waals surface area (Å²) in [4.78, 5) is 20.7. The van der Waals surface area contributed by atoms with Crippen LogP contribution in [-0.2, 0) is 23.2 Å². The Morgan fingerprint density at radius 2 is 1.50 bits per heavy atom. The molecule has 0 bridgehead atoms. The third-order valence-corrected chi connectivity index (χ3v) is 9.32. The van der Waals surface area contributed by atoms with Crippen molar-refractivity contribution in [1.82, 2.24) is 14.7 Å². The molecule has 42 heavy (non-hydrogen) atoms. The maximum Gasteiger partial charge on any atom is 0.325 e. The number of fused-ring (bicyclic) bond motifs is 3. The Labute approximate surface area is 249 Å². The van der Waals surface area contributed by atoms with Gasteiger partial charge in [-0.2, -0.15) is 0 Å². The van der Waals surface area contributed by atoms with Gasteiger partial charge in [0.25, 0.3) is 0 Å². The lowest BCUT2D eigenvalue weighted by Gasteiger charge is -2.45. The zero-order valence-electron chi connectivity index (χ0n) is 26.3. The number of hydrogen-bond acceptors (Lipinski definition) is 7. The predicted octanol–water partition coefficient (Wildman–Crippen LogP) is 5.12. The lowest BCUT2D eigenvalue weighted by molar-refractivity contribution is 0.0667. The Morgan fingerprint density at radius 3 is 2.12 bits per heavy atom. The van der Waals surface area contributed by atoms with E-state index in [9.17, 15) is 4.79 Å². The Bertz CT molecular complexity index is 1360. The lowest BCUT2D eigenvalue weighted by Crippen LogP contribution is -2.54. The highest BCUT2D eigenvalue weighted by Crippen LogP contribution is 2.50. The van der Waals surface area contributed by atoms with Crippen molar-refractivity contribution in [3.8, 4) is 23.0 Å². The zero-order chi connectivity index (χ0) is 30.2. The molecule has 9 nitrogen and oxygen atoms in total. The molecule has 2 fully saturated rings. The molecule has 0 aromatic heterocycles. The van der Waals surface area contributed by atoms with Crippen molar-refractivity contribution in [3.05, 3.63) is 58.3 Å². The fourth-order valence-corrected chi connectivity index (χ4v) is 7.10. The number of methoxy groups -OCH3 is 5. The Balaban J connectivity index is 1.50. The van der Waals surface area contributed by atoms with Crippen LogP contribution < -0.4 is 18.9 Å². The number of urea groups is 1. The molecule has 9 heteroatoms. The normalized spacial score (nSPS) is 19.2. The number of nitrogens with zero attached hydrogens (tertiary/aromatic N) is 3. The molecule has 0 unspecified atom stereocenters. The molecule has 2 saturated heterocycles. The highest BCUT2D eigenvalue weighted by Gasteiger charge is 2.56. The van der Waals surface area contributed by atoms with E-state index in [1.807, 2.05) is 23.1 Å². The second-order valence-corrected chi connectivity index (χ2v) is 12.0. The number of rotatable bonds is 9. The molecular weight excluding hydrogens is 534 g/mol. The van der Waals surface area contributed by atoms with E-state index in [2.05, 4.69) is 42.7 Å². The molecule has 0 atom stereocenters. The monoisotopic (exact) mass is 579 g/mol. The van der Waals surface area contributed by atoms with E-state index >= 15 is 0 Å². The van der Waals surface area contributed by atoms with Crippen molar-refractivity contribution in [3.63, 3.8) is 0 Å². The van der Waals surface area contributed by atoms with Crippen molar-refractivity contribution in [2.24, 2.45) is 0 Å². The summed E-state index contributed by atoms with van der Waals surface area (Å²) in [5.41, 5.74) is 4.76. The molecule has 1 spiro atoms. The van der Waals surface area contributed by atoms with Crippen LogP contribution >= 0.6 is 0 Å². The first-order valence-corrected chi connectivity index (χ1v) is 14.6. The summed E-state index contributed by atoms with van der Waals surface area (Å²) in [6.45, 7) is 10.5. The third kappa shape index (κ3) is 5.07. The highest BCUT2D eigenvalue weighted by molar-refractivity contribution is 5.83. The van der Waals surface area contributed by atoms with Gasteiger partial charge in [-0.15, -0.1) is 0 Å². The number of benzene rings is 2. The summed E-state index contributed by atoms with van der Waals surface area (Å²) in [5.74, 6) is 3.13. The van der Waals surface area contributed by atoms with Crippen LogP contribution in [0.25, 0.3) is 0 Å². The van der Waals surface area contributed by atoms with Crippen LogP contribution in [0.15, 0.2) is 36.0 Å². The van der Waals surface area contributed by atoms with E-state index in [0.717, 1.165) is 77.9 Å². The standard InChI is InChI=1S/C33H45N3O6/c1-22-23(15-25(39-5)17-27(22)41-7)20-34-11-9-33(10-12-34)29-19-32(2,3)30-24(16-26(40-6)18-28(30)42-8)21-35(29)31(37)36(33)13-14-38-4/h15-19H,9-14,20-21H2,1-8H3. The third-order valence-electron chi connectivity index (χ3n) is 9.32. The number of piperidine rings is 1. The molecule has 2 aromatic carbocycles. The summed E-state index contributed by atoms with van der Waals surface area (Å²) < 4.78 is 28.1. The SMILES string of the molecule is COCCN1C(=O)N2Cc3cc(OC)cc(OC)c3C(C)(C)C=C2C12CCN(Cc1cc(OC)cc(OC)c1C)CC2. The van der Waals surface area contributed by atoms with Crippen molar-refractivity contribution in [2.75, 3.05) is 61.8 Å². The number of allylic oxidation sites excluding steroid dienone is 1. The van der Waals surface area contributed by atoms with E-state index in [4.69, 9.17) is 23.7 Å². The molecule has 2 amide bonds. The lowest BCUT2D eigenvalue weighted by atomic mass is 9.77. The summed E-state index contributed by atoms with van der Waals surface area (Å²) in [6.07, 6.45) is 3.97. The second-order valence-electron chi connectivity index (χ2n) is 12.0. The largest absolute Gasteiger partial charge is 0.497 e. The molecule has 0 saturated carbocycles. The second kappa shape index (κ2) is 11.7. The summed E-state index contributed by atoms with van der Waals surface area (Å²) >= 11 is 0. The van der Waals surface area contributed by atoms with Crippen LogP contribution in [0.1, 0.15) is 48.9 Å². The number of likely N-dealkylation sites (tertiary alicyclic amines) is 1. The van der Waals surface area contributed by atoms with Gasteiger partial charge in [0, 0.05) is 62.1 Å². The van der Waals surface area contributed by atoms with Crippen molar-refractivity contribution in [2.45, 2.75) is 57.7 Å². The quantitative estimate of drug-likeness (QED) is 0.408. The van der Waals surface area contributed by atoms with Gasteiger partial charge >= 0.3 is 6.03 Å². The Morgan fingerprint density at radius 1 is 0.857 bits per heavy atom. The Kier molecular flexibility index (Phi) is 8.36. The van der Waals surface area contributed by atoms with Gasteiger partial charge in [-0.3, -0.25) is 9.80 Å². The smallest absolute Gasteiger partial charge is 0.325 e. The molecule has 5 rings (SSSR count). The van der Waals surface area contributed by atoms with Gasteiger partial charge in [0.2, 0.25) is 0 Å². The van der Waals surface area contributed by atoms with Crippen LogP contribution in [0.5, 0.6) is 23.0 Å². The molecule has 0 aliphatic carbocycles. The van der Waals surface area contributed by atoms with Gasteiger partial charge in [0.05, 0.1) is 47.1 Å². The average Bonchev–Trinajstić information content (AvgIpc) is 3.09. The molecule has 2 aromatic rings. The number of hydrogen-bond donors (Lipinski definition) is 0. The summed E-state index contributed by atoms with van der Waals surface area (Å²) in [5, 5.41) is 0. The average molecular weight is 580 g/mol. The molecule has 3 heterocycles. The summed E-state index contributed by atoms with van der Waals surface area (Å²) in [7, 11) is 8.42. The van der Waals surface area contributed by atoms with Crippen LogP contribution in [0.3, 0.4) is 0 Å². The van der Waals surface area contributed by atoms with Crippen LogP contribution in [0.4, 0.5) is 4.79 Å². The fraction of sp³-hybridized carbons (Fsp3) is 0.545. The number of carbonyl (C=O) groups excluding carboxylic acids is 1.